The first-order chi connectivity index (χ1) is 28.1. The van der Waals surface area contributed by atoms with Crippen molar-refractivity contribution < 1.29 is 32.6 Å². The molecule has 1 atom stereocenters. The van der Waals surface area contributed by atoms with Crippen LogP contribution in [-0.2, 0) is 11.3 Å². The number of nitrogens with zero attached hydrogens (tertiary/aromatic N) is 5. The van der Waals surface area contributed by atoms with E-state index in [4.69, 9.17) is 4.74 Å². The molecule has 3 aromatic rings. The number of ether oxygens (including phenoxy) is 1. The maximum absolute atomic E-state index is 16.3. The van der Waals surface area contributed by atoms with Gasteiger partial charge in [0.25, 0.3) is 5.91 Å². The van der Waals surface area contributed by atoms with Crippen molar-refractivity contribution in [2.24, 2.45) is 17.3 Å². The molecule has 4 heterocycles. The standard InChI is InChI=1S/C45H57F3N6O4/c1-50(38-7-5-6-35(46)42(38)56)43(45(29-55)12-3-4-13-45)34-24-37(48)40(25-41(34)58-2)54-16-10-31(11-17-54)28-52-20-18-51(19-21-52)27-30-8-14-53(15-9-30)39-22-32-26-49-44(57)33(32)23-36(39)47/h5-7,22-25,29-31,43,56H,3-4,8-21,26-28H2,1-2H3,(H,49,57). The number of phenols is 1. The summed E-state index contributed by atoms with van der Waals surface area (Å²) in [5, 5.41) is 13.5. The molecule has 4 aliphatic heterocycles. The van der Waals surface area contributed by atoms with Crippen molar-refractivity contribution in [1.29, 1.82) is 0 Å². The van der Waals surface area contributed by atoms with Gasteiger partial charge in [0.15, 0.2) is 11.6 Å². The van der Waals surface area contributed by atoms with Gasteiger partial charge in [0, 0.05) is 96.2 Å². The molecule has 8 rings (SSSR count). The summed E-state index contributed by atoms with van der Waals surface area (Å²) < 4.78 is 51.7. The van der Waals surface area contributed by atoms with Gasteiger partial charge in [-0.05, 0) is 86.3 Å². The van der Waals surface area contributed by atoms with E-state index in [0.29, 0.717) is 59.5 Å². The SMILES string of the molecule is COc1cc(N2CCC(CN3CCN(CC4CCN(c5cc6c(cc5F)C(=O)NC6)CC4)CC3)CC2)c(F)cc1C(N(C)c1cccc(F)c1O)C1(C=O)CCCC1. The maximum Gasteiger partial charge on any atom is 0.252 e. The highest BCUT2D eigenvalue weighted by molar-refractivity contribution is 5.98. The Hall–Kier alpha value is -4.49. The number of piperazine rings is 1. The molecule has 1 amide bonds. The first-order valence-corrected chi connectivity index (χ1v) is 21.2. The molecular weight excluding hydrogens is 746 g/mol. The summed E-state index contributed by atoms with van der Waals surface area (Å²) in [6, 6.07) is 10.1. The quantitative estimate of drug-likeness (QED) is 0.193. The molecule has 3 aromatic carbocycles. The van der Waals surface area contributed by atoms with Crippen LogP contribution in [0.2, 0.25) is 0 Å². The number of aldehydes is 1. The van der Waals surface area contributed by atoms with Crippen molar-refractivity contribution in [3.8, 4) is 11.5 Å². The van der Waals surface area contributed by atoms with Crippen molar-refractivity contribution >= 4 is 29.3 Å². The molecule has 13 heteroatoms. The fourth-order valence-electron chi connectivity index (χ4n) is 10.6. The van der Waals surface area contributed by atoms with Crippen LogP contribution in [0.3, 0.4) is 0 Å². The Balaban J connectivity index is 0.840. The molecule has 0 radical (unpaired) electrons. The average Bonchev–Trinajstić information content (AvgIpc) is 3.87. The third-order valence-electron chi connectivity index (χ3n) is 13.9. The van der Waals surface area contributed by atoms with Crippen LogP contribution in [0.1, 0.15) is 78.9 Å². The molecule has 4 fully saturated rings. The van der Waals surface area contributed by atoms with Crippen LogP contribution in [0.25, 0.3) is 0 Å². The summed E-state index contributed by atoms with van der Waals surface area (Å²) >= 11 is 0. The lowest BCUT2D eigenvalue weighted by Crippen LogP contribution is -2.50. The van der Waals surface area contributed by atoms with E-state index in [1.807, 2.05) is 6.07 Å². The van der Waals surface area contributed by atoms with Gasteiger partial charge in [-0.15, -0.1) is 0 Å². The highest BCUT2D eigenvalue weighted by Gasteiger charge is 2.46. The van der Waals surface area contributed by atoms with Crippen LogP contribution in [0, 0.1) is 34.7 Å². The number of halogens is 3. The van der Waals surface area contributed by atoms with E-state index < -0.39 is 23.0 Å². The van der Waals surface area contributed by atoms with Crippen LogP contribution in [0.5, 0.6) is 11.5 Å². The van der Waals surface area contributed by atoms with Gasteiger partial charge >= 0.3 is 0 Å². The summed E-state index contributed by atoms with van der Waals surface area (Å²) in [6.07, 6.45) is 7.81. The first kappa shape index (κ1) is 40.3. The van der Waals surface area contributed by atoms with Crippen LogP contribution >= 0.6 is 0 Å². The topological polar surface area (TPSA) is 91.8 Å². The smallest absolute Gasteiger partial charge is 0.252 e. The number of benzene rings is 3. The minimum Gasteiger partial charge on any atom is -0.503 e. The Morgan fingerprint density at radius 3 is 1.98 bits per heavy atom. The van der Waals surface area contributed by atoms with E-state index in [1.54, 1.807) is 31.2 Å². The maximum atomic E-state index is 16.3. The second kappa shape index (κ2) is 17.0. The Bertz CT molecular complexity index is 1970. The Kier molecular flexibility index (Phi) is 11.8. The normalized spacial score (nSPS) is 21.2. The molecule has 58 heavy (non-hydrogen) atoms. The van der Waals surface area contributed by atoms with E-state index in [-0.39, 0.29) is 23.2 Å². The van der Waals surface area contributed by atoms with Gasteiger partial charge in [-0.25, -0.2) is 13.2 Å². The van der Waals surface area contributed by atoms with E-state index >= 15 is 4.39 Å². The fourth-order valence-corrected chi connectivity index (χ4v) is 10.6. The van der Waals surface area contributed by atoms with Gasteiger partial charge in [0.2, 0.25) is 0 Å². The number of phenolic OH excluding ortho intramolecular Hbond substituents is 1. The number of methoxy groups -OCH3 is 1. The zero-order chi connectivity index (χ0) is 40.6. The largest absolute Gasteiger partial charge is 0.503 e. The molecule has 5 aliphatic rings. The summed E-state index contributed by atoms with van der Waals surface area (Å²) in [7, 11) is 3.27. The van der Waals surface area contributed by atoms with E-state index in [1.165, 1.54) is 24.3 Å². The monoisotopic (exact) mass is 802 g/mol. The Morgan fingerprint density at radius 2 is 1.41 bits per heavy atom. The second-order valence-electron chi connectivity index (χ2n) is 17.3. The molecule has 1 aliphatic carbocycles. The van der Waals surface area contributed by atoms with E-state index in [0.717, 1.165) is 116 Å². The summed E-state index contributed by atoms with van der Waals surface area (Å²) in [4.78, 5) is 35.9. The van der Waals surface area contributed by atoms with Gasteiger partial charge < -0.3 is 44.5 Å². The molecule has 1 saturated carbocycles. The molecule has 3 saturated heterocycles. The zero-order valence-corrected chi connectivity index (χ0v) is 33.8. The number of aromatic hydroxyl groups is 1. The highest BCUT2D eigenvalue weighted by atomic mass is 19.1. The summed E-state index contributed by atoms with van der Waals surface area (Å²) in [5.41, 5.74) is 2.30. The van der Waals surface area contributed by atoms with Crippen molar-refractivity contribution in [2.75, 3.05) is 94.3 Å². The lowest BCUT2D eigenvalue weighted by molar-refractivity contribution is -0.117. The van der Waals surface area contributed by atoms with Gasteiger partial charge in [-0.1, -0.05) is 18.9 Å². The molecule has 1 unspecified atom stereocenters. The Morgan fingerprint density at radius 1 is 0.845 bits per heavy atom. The number of carbonyl (C=O) groups is 2. The van der Waals surface area contributed by atoms with Crippen molar-refractivity contribution in [2.45, 2.75) is 64.0 Å². The van der Waals surface area contributed by atoms with Crippen LogP contribution in [0.15, 0.2) is 42.5 Å². The first-order valence-electron chi connectivity index (χ1n) is 21.2. The van der Waals surface area contributed by atoms with Crippen LogP contribution < -0.4 is 24.8 Å². The number of anilines is 3. The molecule has 312 valence electrons. The molecule has 10 nitrogen and oxygen atoms in total. The minimum absolute atomic E-state index is 0.196. The fraction of sp³-hybridized carbons (Fsp3) is 0.556. The average molecular weight is 803 g/mol. The van der Waals surface area contributed by atoms with E-state index in [2.05, 4.69) is 24.9 Å². The predicted octanol–water partition coefficient (Wildman–Crippen LogP) is 6.75. The number of rotatable bonds is 12. The van der Waals surface area contributed by atoms with Gasteiger partial charge in [-0.2, -0.15) is 0 Å². The van der Waals surface area contributed by atoms with Crippen molar-refractivity contribution in [1.82, 2.24) is 15.1 Å². The molecule has 2 N–H and O–H groups in total. The zero-order valence-electron chi connectivity index (χ0n) is 33.8. The third-order valence-corrected chi connectivity index (χ3v) is 13.9. The summed E-state index contributed by atoms with van der Waals surface area (Å²) in [5.74, 6) is -0.587. The van der Waals surface area contributed by atoms with Crippen molar-refractivity contribution in [3.05, 3.63) is 76.6 Å². The number of nitrogens with one attached hydrogen (secondary N) is 1. The van der Waals surface area contributed by atoms with E-state index in [9.17, 15) is 23.5 Å². The molecule has 0 aromatic heterocycles. The Labute approximate surface area is 339 Å². The van der Waals surface area contributed by atoms with Gasteiger partial charge in [0.1, 0.15) is 23.7 Å². The lowest BCUT2D eigenvalue weighted by Gasteiger charge is -2.42. The van der Waals surface area contributed by atoms with Gasteiger partial charge in [0.05, 0.1) is 35.6 Å². The van der Waals surface area contributed by atoms with Crippen molar-refractivity contribution in [3.63, 3.8) is 0 Å². The second-order valence-corrected chi connectivity index (χ2v) is 17.3. The minimum atomic E-state index is -0.857. The number of amides is 1. The number of hydrogen-bond acceptors (Lipinski definition) is 9. The number of carbonyl (C=O) groups excluding carboxylic acids is 2. The van der Waals surface area contributed by atoms with Crippen LogP contribution in [0.4, 0.5) is 30.2 Å². The highest BCUT2D eigenvalue weighted by Crippen LogP contribution is 2.53. The number of piperidine rings is 2. The van der Waals surface area contributed by atoms with Crippen LogP contribution in [-0.4, -0.2) is 107 Å². The van der Waals surface area contributed by atoms with Gasteiger partial charge in [-0.3, -0.25) is 4.79 Å². The summed E-state index contributed by atoms with van der Waals surface area (Å²) in [6.45, 7) is 9.81. The molecular formula is C45H57F3N6O4. The molecule has 0 bridgehead atoms. The number of fused-ring (bicyclic) bond motifs is 1. The number of hydrogen-bond donors (Lipinski definition) is 2. The predicted molar refractivity (Wildman–Crippen MR) is 219 cm³/mol. The molecule has 0 spiro atoms. The lowest BCUT2D eigenvalue weighted by atomic mass is 9.75. The third kappa shape index (κ3) is 7.96. The number of para-hydroxylation sites is 1.